The Kier molecular flexibility index (Phi) is 6.54. The normalized spacial score (nSPS) is 44.0. The number of allylic oxidation sites excluding steroid dienone is 2. The van der Waals surface area contributed by atoms with Crippen molar-refractivity contribution in [3.8, 4) is 0 Å². The largest absolute Gasteiger partial charge is 0.480 e. The maximum atomic E-state index is 12.5. The molecule has 1 aliphatic heterocycles. The van der Waals surface area contributed by atoms with Crippen LogP contribution in [0.25, 0.3) is 0 Å². The summed E-state index contributed by atoms with van der Waals surface area (Å²) in [4.78, 5) is 42.8. The van der Waals surface area contributed by atoms with Crippen LogP contribution in [-0.4, -0.2) is 74.5 Å². The quantitative estimate of drug-likeness (QED) is 0.478. The van der Waals surface area contributed by atoms with Crippen LogP contribution in [-0.2, 0) is 19.2 Å². The highest BCUT2D eigenvalue weighted by Gasteiger charge is 2.65. The molecule has 0 aromatic rings. The second kappa shape index (κ2) is 9.19. The SMILES string of the molecule is CC(=O)[C@@]1(O)CCC2C3CCC4=CC(=NOCC(=O)N5CC(O)CC5C(=O)O)CC[C@]4(C)C3CC[C@@]21C. The van der Waals surface area contributed by atoms with E-state index in [-0.39, 0.29) is 36.2 Å². The fraction of sp³-hybridized carbons (Fsp3) is 0.786. The lowest BCUT2D eigenvalue weighted by molar-refractivity contribution is -0.159. The number of Topliss-reactive ketones (excluding diaryl/α,β-unsaturated/α-hetero) is 1. The van der Waals surface area contributed by atoms with Crippen LogP contribution in [0.1, 0.15) is 78.6 Å². The maximum Gasteiger partial charge on any atom is 0.326 e. The zero-order chi connectivity index (χ0) is 26.8. The molecule has 0 bridgehead atoms. The van der Waals surface area contributed by atoms with Crippen molar-refractivity contribution in [3.05, 3.63) is 11.6 Å². The molecule has 1 amide bonds. The molecule has 1 heterocycles. The highest BCUT2D eigenvalue weighted by Crippen LogP contribution is 2.67. The van der Waals surface area contributed by atoms with Gasteiger partial charge in [0.05, 0.1) is 11.8 Å². The Morgan fingerprint density at radius 1 is 1.11 bits per heavy atom. The zero-order valence-corrected chi connectivity index (χ0v) is 22.1. The number of ketones is 1. The first-order chi connectivity index (χ1) is 17.4. The smallest absolute Gasteiger partial charge is 0.326 e. The molecule has 0 spiro atoms. The number of aliphatic hydroxyl groups is 2. The number of hydrogen-bond acceptors (Lipinski definition) is 7. The average molecular weight is 517 g/mol. The maximum absolute atomic E-state index is 12.5. The van der Waals surface area contributed by atoms with Gasteiger partial charge in [0, 0.05) is 18.4 Å². The van der Waals surface area contributed by atoms with Gasteiger partial charge in [-0.3, -0.25) is 9.59 Å². The van der Waals surface area contributed by atoms with Crippen LogP contribution in [0.4, 0.5) is 0 Å². The van der Waals surface area contributed by atoms with Crippen LogP contribution in [0.3, 0.4) is 0 Å². The molecule has 1 saturated heterocycles. The van der Waals surface area contributed by atoms with Gasteiger partial charge in [-0.25, -0.2) is 4.79 Å². The van der Waals surface area contributed by atoms with E-state index in [1.165, 1.54) is 5.57 Å². The number of β-amino-alcohol motifs (C(OH)–C–C–N with tert-alkyl or cyclic N) is 1. The molecule has 0 aromatic carbocycles. The number of aliphatic carboxylic acids is 1. The van der Waals surface area contributed by atoms with E-state index in [1.807, 2.05) is 0 Å². The molecular formula is C28H40N2O7. The summed E-state index contributed by atoms with van der Waals surface area (Å²) in [5, 5.41) is 34.6. The van der Waals surface area contributed by atoms with Crippen molar-refractivity contribution in [3.63, 3.8) is 0 Å². The summed E-state index contributed by atoms with van der Waals surface area (Å²) in [6.07, 6.45) is 8.33. The Labute approximate surface area is 217 Å². The molecule has 204 valence electrons. The van der Waals surface area contributed by atoms with E-state index >= 15 is 0 Å². The number of amides is 1. The van der Waals surface area contributed by atoms with E-state index in [1.54, 1.807) is 6.92 Å². The molecule has 0 aromatic heterocycles. The summed E-state index contributed by atoms with van der Waals surface area (Å²) in [6.45, 7) is 5.67. The summed E-state index contributed by atoms with van der Waals surface area (Å²) < 4.78 is 0. The molecule has 5 unspecified atom stereocenters. The Morgan fingerprint density at radius 2 is 1.84 bits per heavy atom. The van der Waals surface area contributed by atoms with Gasteiger partial charge >= 0.3 is 5.97 Å². The van der Waals surface area contributed by atoms with Crippen molar-refractivity contribution in [2.45, 2.75) is 96.3 Å². The topological polar surface area (TPSA) is 137 Å². The van der Waals surface area contributed by atoms with E-state index in [2.05, 4.69) is 25.1 Å². The number of carboxylic acids is 1. The van der Waals surface area contributed by atoms with Crippen LogP contribution < -0.4 is 0 Å². The number of nitrogens with zero attached hydrogens (tertiary/aromatic N) is 2. The van der Waals surface area contributed by atoms with Gasteiger partial charge in [0.1, 0.15) is 11.6 Å². The number of carbonyl (C=O) groups excluding carboxylic acids is 2. The summed E-state index contributed by atoms with van der Waals surface area (Å²) in [7, 11) is 0. The third kappa shape index (κ3) is 4.04. The van der Waals surface area contributed by atoms with Gasteiger partial charge in [-0.05, 0) is 87.5 Å². The highest BCUT2D eigenvalue weighted by atomic mass is 16.6. The molecule has 0 radical (unpaired) electrons. The first-order valence-electron chi connectivity index (χ1n) is 13.7. The molecule has 3 saturated carbocycles. The molecule has 5 rings (SSSR count). The van der Waals surface area contributed by atoms with Gasteiger partial charge in [-0.2, -0.15) is 0 Å². The lowest BCUT2D eigenvalue weighted by Crippen LogP contribution is -2.57. The summed E-state index contributed by atoms with van der Waals surface area (Å²) in [6, 6.07) is -1.03. The van der Waals surface area contributed by atoms with Crippen molar-refractivity contribution in [2.24, 2.45) is 33.7 Å². The van der Waals surface area contributed by atoms with Crippen molar-refractivity contribution in [1.82, 2.24) is 4.90 Å². The van der Waals surface area contributed by atoms with Gasteiger partial charge in [0.15, 0.2) is 12.4 Å². The van der Waals surface area contributed by atoms with Crippen LogP contribution in [0.2, 0.25) is 0 Å². The van der Waals surface area contributed by atoms with E-state index in [0.717, 1.165) is 55.6 Å². The molecule has 4 fully saturated rings. The number of carbonyl (C=O) groups is 3. The number of rotatable bonds is 5. The van der Waals surface area contributed by atoms with Gasteiger partial charge < -0.3 is 25.1 Å². The minimum Gasteiger partial charge on any atom is -0.480 e. The molecule has 37 heavy (non-hydrogen) atoms. The number of carboxylic acid groups (broad SMARTS) is 1. The summed E-state index contributed by atoms with van der Waals surface area (Å²) in [5.74, 6) is -0.334. The molecule has 9 heteroatoms. The van der Waals surface area contributed by atoms with Crippen molar-refractivity contribution in [2.75, 3.05) is 13.2 Å². The Hall–Kier alpha value is -2.26. The fourth-order valence-electron chi connectivity index (χ4n) is 8.81. The third-order valence-electron chi connectivity index (χ3n) is 11.0. The summed E-state index contributed by atoms with van der Waals surface area (Å²) >= 11 is 0. The van der Waals surface area contributed by atoms with Gasteiger partial charge in [0.25, 0.3) is 5.91 Å². The van der Waals surface area contributed by atoms with Crippen LogP contribution >= 0.6 is 0 Å². The number of likely N-dealkylation sites (tertiary alicyclic amines) is 1. The van der Waals surface area contributed by atoms with E-state index < -0.39 is 29.6 Å². The minimum absolute atomic E-state index is 0.00938. The monoisotopic (exact) mass is 516 g/mol. The molecular weight excluding hydrogens is 476 g/mol. The van der Waals surface area contributed by atoms with Gasteiger partial charge in [-0.1, -0.05) is 24.6 Å². The fourth-order valence-corrected chi connectivity index (χ4v) is 8.81. The van der Waals surface area contributed by atoms with Crippen molar-refractivity contribution in [1.29, 1.82) is 0 Å². The zero-order valence-electron chi connectivity index (χ0n) is 22.1. The number of aliphatic hydroxyl groups excluding tert-OH is 1. The summed E-state index contributed by atoms with van der Waals surface area (Å²) in [5.41, 5.74) is 0.673. The minimum atomic E-state index is -1.20. The second-order valence-corrected chi connectivity index (χ2v) is 12.6. The standard InChI is InChI=1S/C28H40N2O7/c1-16(31)28(36)11-8-22-20-5-4-17-12-18(6-9-26(17,2)21(20)7-10-27(22,28)3)29-37-15-24(33)30-14-19(32)13-23(30)25(34)35/h12,19-23,32,36H,4-11,13-15H2,1-3H3,(H,34,35)/t19?,20?,21?,22?,23?,26-,27-,28-/m0/s1. The van der Waals surface area contributed by atoms with E-state index in [0.29, 0.717) is 24.2 Å². The number of hydrogen-bond donors (Lipinski definition) is 3. The molecule has 3 N–H and O–H groups in total. The number of fused-ring (bicyclic) bond motifs is 5. The second-order valence-electron chi connectivity index (χ2n) is 12.6. The Morgan fingerprint density at radius 3 is 2.54 bits per heavy atom. The Balaban J connectivity index is 1.26. The first kappa shape index (κ1) is 26.4. The van der Waals surface area contributed by atoms with Crippen LogP contribution in [0.15, 0.2) is 16.8 Å². The van der Waals surface area contributed by atoms with Crippen molar-refractivity contribution >= 4 is 23.4 Å². The Bertz CT molecular complexity index is 1060. The van der Waals surface area contributed by atoms with Crippen LogP contribution in [0, 0.1) is 28.6 Å². The molecule has 9 nitrogen and oxygen atoms in total. The first-order valence-corrected chi connectivity index (χ1v) is 13.7. The molecule has 5 aliphatic rings. The lowest BCUT2D eigenvalue weighted by Gasteiger charge is -2.59. The third-order valence-corrected chi connectivity index (χ3v) is 11.0. The molecule has 8 atom stereocenters. The van der Waals surface area contributed by atoms with E-state index in [9.17, 15) is 29.7 Å². The van der Waals surface area contributed by atoms with E-state index in [4.69, 9.17) is 4.84 Å². The number of oxime groups is 1. The van der Waals surface area contributed by atoms with Gasteiger partial charge in [-0.15, -0.1) is 0 Å². The van der Waals surface area contributed by atoms with Crippen molar-refractivity contribution < 1.29 is 34.5 Å². The van der Waals surface area contributed by atoms with Gasteiger partial charge in [0.2, 0.25) is 0 Å². The predicted molar refractivity (Wildman–Crippen MR) is 134 cm³/mol. The highest BCUT2D eigenvalue weighted by molar-refractivity contribution is 5.96. The molecule has 4 aliphatic carbocycles. The lowest BCUT2D eigenvalue weighted by atomic mass is 9.46. The van der Waals surface area contributed by atoms with Crippen LogP contribution in [0.5, 0.6) is 0 Å². The predicted octanol–water partition coefficient (Wildman–Crippen LogP) is 2.69. The average Bonchev–Trinajstić information content (AvgIpc) is 3.37.